The Morgan fingerprint density at radius 1 is 0.758 bits per heavy atom. The third-order valence-electron chi connectivity index (χ3n) is 5.47. The molecule has 0 fully saturated rings. The summed E-state index contributed by atoms with van der Waals surface area (Å²) in [4.78, 5) is 18.7. The van der Waals surface area contributed by atoms with Crippen LogP contribution in [0.25, 0.3) is 22.0 Å². The molecule has 0 aliphatic rings. The second kappa shape index (κ2) is 9.62. The number of ketones is 1. The summed E-state index contributed by atoms with van der Waals surface area (Å²) in [5.74, 6) is 0.0267. The fourth-order valence-corrected chi connectivity index (χ4v) is 5.14. The summed E-state index contributed by atoms with van der Waals surface area (Å²) >= 11 is 7.55. The number of carbonyl (C=O) groups excluding carboxylic acids is 1. The number of hydrogen-bond donors (Lipinski definition) is 0. The zero-order chi connectivity index (χ0) is 22.6. The number of carbonyl (C=O) groups is 1. The molecule has 4 heteroatoms. The van der Waals surface area contributed by atoms with Crippen molar-refractivity contribution in [2.45, 2.75) is 10.3 Å². The van der Waals surface area contributed by atoms with Crippen molar-refractivity contribution in [1.29, 1.82) is 0 Å². The zero-order valence-corrected chi connectivity index (χ0v) is 19.3. The molecule has 160 valence electrons. The van der Waals surface area contributed by atoms with Crippen molar-refractivity contribution in [3.05, 3.63) is 131 Å². The normalized spacial score (nSPS) is 11.9. The predicted molar refractivity (Wildman–Crippen MR) is 138 cm³/mol. The van der Waals surface area contributed by atoms with Crippen LogP contribution in [-0.4, -0.2) is 10.8 Å². The molecule has 0 unspecified atom stereocenters. The van der Waals surface area contributed by atoms with Gasteiger partial charge in [0, 0.05) is 21.5 Å². The molecule has 0 radical (unpaired) electrons. The fraction of sp³-hybridized carbons (Fsp3) is 0.0345. The van der Waals surface area contributed by atoms with Gasteiger partial charge in [0.1, 0.15) is 5.03 Å². The Morgan fingerprint density at radius 2 is 1.39 bits per heavy atom. The molecule has 0 spiro atoms. The van der Waals surface area contributed by atoms with Crippen molar-refractivity contribution in [3.8, 4) is 11.3 Å². The van der Waals surface area contributed by atoms with E-state index in [1.807, 2.05) is 60.7 Å². The molecule has 1 heterocycles. The standard InChI is InChI=1S/C29H20ClNOS/c30-24-17-15-21(16-18-24)27(32)28(22-11-5-2-6-12-22)33-29-25-14-8-7-13-23(25)19-26(31-29)20-9-3-1-4-10-20/h1-19,28H/t28-/m0/s1. The van der Waals surface area contributed by atoms with Crippen LogP contribution in [-0.2, 0) is 0 Å². The van der Waals surface area contributed by atoms with Crippen LogP contribution in [0.4, 0.5) is 0 Å². The summed E-state index contributed by atoms with van der Waals surface area (Å²) in [5.41, 5.74) is 3.51. The molecule has 0 bridgehead atoms. The number of thioether (sulfide) groups is 1. The van der Waals surface area contributed by atoms with E-state index in [4.69, 9.17) is 16.6 Å². The molecule has 5 rings (SSSR count). The lowest BCUT2D eigenvalue weighted by Crippen LogP contribution is -2.10. The molecule has 0 aliphatic heterocycles. The van der Waals surface area contributed by atoms with Crippen LogP contribution in [0.2, 0.25) is 5.02 Å². The fourth-order valence-electron chi connectivity index (χ4n) is 3.79. The van der Waals surface area contributed by atoms with E-state index in [-0.39, 0.29) is 5.78 Å². The van der Waals surface area contributed by atoms with E-state index in [1.165, 1.54) is 11.8 Å². The van der Waals surface area contributed by atoms with Gasteiger partial charge in [0.15, 0.2) is 5.78 Å². The Kier molecular flexibility index (Phi) is 6.25. The van der Waals surface area contributed by atoms with Gasteiger partial charge in [-0.25, -0.2) is 4.98 Å². The highest BCUT2D eigenvalue weighted by Crippen LogP contribution is 2.41. The molecule has 5 aromatic rings. The first kappa shape index (κ1) is 21.4. The number of fused-ring (bicyclic) bond motifs is 1. The molecule has 33 heavy (non-hydrogen) atoms. The van der Waals surface area contributed by atoms with Crippen LogP contribution in [0.15, 0.2) is 120 Å². The van der Waals surface area contributed by atoms with Crippen molar-refractivity contribution in [3.63, 3.8) is 0 Å². The summed E-state index contributed by atoms with van der Waals surface area (Å²) < 4.78 is 0. The number of aromatic nitrogens is 1. The van der Waals surface area contributed by atoms with E-state index in [0.29, 0.717) is 10.6 Å². The zero-order valence-electron chi connectivity index (χ0n) is 17.7. The Labute approximate surface area is 202 Å². The first-order valence-electron chi connectivity index (χ1n) is 10.7. The van der Waals surface area contributed by atoms with Gasteiger partial charge >= 0.3 is 0 Å². The quantitative estimate of drug-likeness (QED) is 0.187. The monoisotopic (exact) mass is 465 g/mol. The lowest BCUT2D eigenvalue weighted by Gasteiger charge is -2.18. The van der Waals surface area contributed by atoms with Gasteiger partial charge in [-0.2, -0.15) is 0 Å². The molecule has 0 saturated heterocycles. The SMILES string of the molecule is O=C(c1ccc(Cl)cc1)[C@@H](Sc1nc(-c2ccccc2)cc2ccccc12)c1ccccc1. The van der Waals surface area contributed by atoms with E-state index < -0.39 is 5.25 Å². The number of hydrogen-bond acceptors (Lipinski definition) is 3. The second-order valence-electron chi connectivity index (χ2n) is 7.68. The van der Waals surface area contributed by atoms with Gasteiger partial charge < -0.3 is 0 Å². The molecule has 1 atom stereocenters. The van der Waals surface area contributed by atoms with E-state index in [0.717, 1.165) is 32.6 Å². The Morgan fingerprint density at radius 3 is 2.12 bits per heavy atom. The van der Waals surface area contributed by atoms with Crippen LogP contribution in [0, 0.1) is 0 Å². The molecule has 0 N–H and O–H groups in total. The molecular weight excluding hydrogens is 446 g/mol. The number of pyridine rings is 1. The average molecular weight is 466 g/mol. The van der Waals surface area contributed by atoms with E-state index >= 15 is 0 Å². The minimum absolute atomic E-state index is 0.0267. The van der Waals surface area contributed by atoms with Gasteiger partial charge in [-0.15, -0.1) is 0 Å². The third-order valence-corrected chi connectivity index (χ3v) is 6.98. The molecular formula is C29H20ClNOS. The number of halogens is 1. The first-order valence-corrected chi connectivity index (χ1v) is 11.9. The van der Waals surface area contributed by atoms with Crippen molar-refractivity contribution >= 4 is 39.9 Å². The third kappa shape index (κ3) is 4.70. The minimum atomic E-state index is -0.436. The summed E-state index contributed by atoms with van der Waals surface area (Å²) in [7, 11) is 0. The summed E-state index contributed by atoms with van der Waals surface area (Å²) in [6.45, 7) is 0. The van der Waals surface area contributed by atoms with Crippen LogP contribution < -0.4 is 0 Å². The van der Waals surface area contributed by atoms with Crippen LogP contribution in [0.3, 0.4) is 0 Å². The van der Waals surface area contributed by atoms with Gasteiger partial charge in [-0.1, -0.05) is 108 Å². The maximum Gasteiger partial charge on any atom is 0.180 e. The Bertz CT molecular complexity index is 1400. The summed E-state index contributed by atoms with van der Waals surface area (Å²) in [6.07, 6.45) is 0. The van der Waals surface area contributed by atoms with Gasteiger partial charge in [-0.3, -0.25) is 4.79 Å². The minimum Gasteiger partial charge on any atom is -0.293 e. The van der Waals surface area contributed by atoms with Crippen LogP contribution >= 0.6 is 23.4 Å². The smallest absolute Gasteiger partial charge is 0.180 e. The van der Waals surface area contributed by atoms with Crippen LogP contribution in [0.1, 0.15) is 21.2 Å². The number of rotatable bonds is 6. The van der Waals surface area contributed by atoms with Gasteiger partial charge in [0.25, 0.3) is 0 Å². The van der Waals surface area contributed by atoms with Crippen molar-refractivity contribution in [2.24, 2.45) is 0 Å². The molecule has 4 aromatic carbocycles. The maximum absolute atomic E-state index is 13.7. The molecule has 1 aromatic heterocycles. The van der Waals surface area contributed by atoms with Gasteiger partial charge in [-0.05, 0) is 41.3 Å². The van der Waals surface area contributed by atoms with Gasteiger partial charge in [0.05, 0.1) is 10.9 Å². The van der Waals surface area contributed by atoms with Gasteiger partial charge in [0.2, 0.25) is 0 Å². The number of Topliss-reactive ketones (excluding diaryl/α,β-unsaturated/α-hetero) is 1. The highest BCUT2D eigenvalue weighted by molar-refractivity contribution is 8.00. The van der Waals surface area contributed by atoms with E-state index in [2.05, 4.69) is 30.3 Å². The van der Waals surface area contributed by atoms with E-state index in [1.54, 1.807) is 24.3 Å². The second-order valence-corrected chi connectivity index (χ2v) is 9.21. The maximum atomic E-state index is 13.7. The largest absolute Gasteiger partial charge is 0.293 e. The Balaban J connectivity index is 1.62. The van der Waals surface area contributed by atoms with Crippen molar-refractivity contribution < 1.29 is 4.79 Å². The number of benzene rings is 4. The van der Waals surface area contributed by atoms with E-state index in [9.17, 15) is 4.79 Å². The summed E-state index contributed by atoms with van der Waals surface area (Å²) in [6, 6.07) is 37.4. The molecule has 0 saturated carbocycles. The average Bonchev–Trinajstić information content (AvgIpc) is 2.88. The molecule has 2 nitrogen and oxygen atoms in total. The topological polar surface area (TPSA) is 30.0 Å². The van der Waals surface area contributed by atoms with Crippen molar-refractivity contribution in [2.75, 3.05) is 0 Å². The highest BCUT2D eigenvalue weighted by Gasteiger charge is 2.25. The van der Waals surface area contributed by atoms with Crippen molar-refractivity contribution in [1.82, 2.24) is 4.98 Å². The van der Waals surface area contributed by atoms with Crippen LogP contribution in [0.5, 0.6) is 0 Å². The Hall–Kier alpha value is -3.40. The lowest BCUT2D eigenvalue weighted by molar-refractivity contribution is 0.0989. The molecule has 0 aliphatic carbocycles. The number of nitrogens with zero attached hydrogens (tertiary/aromatic N) is 1. The molecule has 0 amide bonds. The first-order chi connectivity index (χ1) is 16.2. The lowest BCUT2D eigenvalue weighted by atomic mass is 10.0. The predicted octanol–water partition coefficient (Wildman–Crippen LogP) is 8.27. The summed E-state index contributed by atoms with van der Waals surface area (Å²) in [5, 5.41) is 3.14. The highest BCUT2D eigenvalue weighted by atomic mass is 35.5.